The zero-order chi connectivity index (χ0) is 30.6. The summed E-state index contributed by atoms with van der Waals surface area (Å²) in [7, 11) is 1.91. The first-order valence-electron chi connectivity index (χ1n) is 15.3. The monoisotopic (exact) mass is 616 g/mol. The molecule has 7 rings (SSSR count). The van der Waals surface area contributed by atoms with E-state index in [2.05, 4.69) is 33.4 Å². The van der Waals surface area contributed by atoms with Crippen molar-refractivity contribution in [3.8, 4) is 0 Å². The molecule has 1 unspecified atom stereocenters. The average molecular weight is 617 g/mol. The number of imidazole rings is 1. The number of benzene rings is 1. The number of rotatable bonds is 6. The van der Waals surface area contributed by atoms with Gasteiger partial charge in [0.2, 0.25) is 0 Å². The van der Waals surface area contributed by atoms with Crippen molar-refractivity contribution in [1.82, 2.24) is 29.7 Å². The number of amides is 2. The second-order valence-electron chi connectivity index (χ2n) is 12.9. The van der Waals surface area contributed by atoms with Gasteiger partial charge in [-0.2, -0.15) is 0 Å². The number of hydrogen-bond acceptors (Lipinski definition) is 7. The minimum atomic E-state index is -0.572. The standard InChI is InChI=1S/C33H37ClN6O4/c1-32(8-9-32)43-30(41)37-28(26-19-35-20-38(26)3)25-17-21-5-4-12-36-27(21)29(23-7-6-22(34)18-24(23)25)39-13-15-40(16-14-39)31(42)44-33(2)10-11-33/h4-7,12,17-20,28-29H,8-11,13-16H2,1-3H3,(H,37,41)/t28-,29?/m1/s1. The van der Waals surface area contributed by atoms with E-state index in [0.717, 1.165) is 59.3 Å². The summed E-state index contributed by atoms with van der Waals surface area (Å²) in [5.41, 5.74) is 4.72. The first-order valence-corrected chi connectivity index (χ1v) is 15.6. The van der Waals surface area contributed by atoms with Crippen molar-refractivity contribution in [2.24, 2.45) is 7.05 Å². The number of aromatic nitrogens is 3. The fourth-order valence-electron chi connectivity index (χ4n) is 6.12. The van der Waals surface area contributed by atoms with Crippen LogP contribution in [-0.4, -0.2) is 73.9 Å². The highest BCUT2D eigenvalue weighted by molar-refractivity contribution is 6.30. The van der Waals surface area contributed by atoms with Crippen LogP contribution in [0.2, 0.25) is 5.02 Å². The van der Waals surface area contributed by atoms with E-state index in [4.69, 9.17) is 26.1 Å². The highest BCUT2D eigenvalue weighted by Gasteiger charge is 2.44. The Morgan fingerprint density at radius 3 is 2.45 bits per heavy atom. The Kier molecular flexibility index (Phi) is 7.16. The first kappa shape index (κ1) is 28.9. The number of fused-ring (bicyclic) bond motifs is 2. The first-order chi connectivity index (χ1) is 21.1. The van der Waals surface area contributed by atoms with Crippen LogP contribution in [0.4, 0.5) is 9.59 Å². The molecule has 44 heavy (non-hydrogen) atoms. The van der Waals surface area contributed by atoms with Gasteiger partial charge in [-0.1, -0.05) is 23.7 Å². The number of carbonyl (C=O) groups is 2. The molecule has 2 atom stereocenters. The molecule has 2 amide bonds. The minimum Gasteiger partial charge on any atom is -0.443 e. The molecule has 1 aromatic carbocycles. The highest BCUT2D eigenvalue weighted by Crippen LogP contribution is 2.45. The van der Waals surface area contributed by atoms with E-state index >= 15 is 0 Å². The number of alkyl carbamates (subject to hydrolysis) is 1. The minimum absolute atomic E-state index is 0.198. The van der Waals surface area contributed by atoms with E-state index < -0.39 is 17.7 Å². The van der Waals surface area contributed by atoms with Gasteiger partial charge < -0.3 is 24.3 Å². The Hall–Kier alpha value is -3.89. The van der Waals surface area contributed by atoms with Gasteiger partial charge in [0.05, 0.1) is 36.0 Å². The molecule has 230 valence electrons. The van der Waals surface area contributed by atoms with Crippen molar-refractivity contribution < 1.29 is 19.1 Å². The maximum atomic E-state index is 13.3. The summed E-state index contributed by atoms with van der Waals surface area (Å²) >= 11 is 6.67. The number of nitrogens with zero attached hydrogens (tertiary/aromatic N) is 5. The van der Waals surface area contributed by atoms with Crippen molar-refractivity contribution in [2.45, 2.75) is 62.8 Å². The molecule has 0 radical (unpaired) electrons. The molecule has 3 aliphatic carbocycles. The van der Waals surface area contributed by atoms with E-state index in [9.17, 15) is 9.59 Å². The van der Waals surface area contributed by atoms with Gasteiger partial charge in [-0.3, -0.25) is 9.88 Å². The fraction of sp³-hybridized carbons (Fsp3) is 0.455. The lowest BCUT2D eigenvalue weighted by Gasteiger charge is -2.39. The topological polar surface area (TPSA) is 102 Å². The highest BCUT2D eigenvalue weighted by atomic mass is 35.5. The lowest BCUT2D eigenvalue weighted by Crippen LogP contribution is -2.50. The van der Waals surface area contributed by atoms with Crippen LogP contribution < -0.4 is 5.32 Å². The quantitative estimate of drug-likeness (QED) is 0.377. The maximum Gasteiger partial charge on any atom is 0.410 e. The van der Waals surface area contributed by atoms with Gasteiger partial charge in [0.25, 0.3) is 0 Å². The van der Waals surface area contributed by atoms with Crippen LogP contribution in [0.5, 0.6) is 0 Å². The predicted octanol–water partition coefficient (Wildman–Crippen LogP) is 5.74. The summed E-state index contributed by atoms with van der Waals surface area (Å²) in [4.78, 5) is 39.6. The van der Waals surface area contributed by atoms with Gasteiger partial charge in [0.15, 0.2) is 0 Å². The number of piperazine rings is 1. The van der Waals surface area contributed by atoms with Gasteiger partial charge in [-0.05, 0) is 86.1 Å². The summed E-state index contributed by atoms with van der Waals surface area (Å²) in [6.45, 7) is 6.35. The van der Waals surface area contributed by atoms with Crippen LogP contribution >= 0.6 is 11.6 Å². The lowest BCUT2D eigenvalue weighted by atomic mass is 9.90. The molecule has 11 heteroatoms. The summed E-state index contributed by atoms with van der Waals surface area (Å²) < 4.78 is 13.5. The lowest BCUT2D eigenvalue weighted by molar-refractivity contribution is 0.0380. The number of aryl methyl sites for hydroxylation is 1. The fourth-order valence-corrected chi connectivity index (χ4v) is 6.29. The zero-order valence-electron chi connectivity index (χ0n) is 25.3. The summed E-state index contributed by atoms with van der Waals surface area (Å²) in [5.74, 6) is 0. The second-order valence-corrected chi connectivity index (χ2v) is 13.3. The largest absolute Gasteiger partial charge is 0.443 e. The molecular weight excluding hydrogens is 580 g/mol. The van der Waals surface area contributed by atoms with E-state index in [1.165, 1.54) is 0 Å². The van der Waals surface area contributed by atoms with Crippen LogP contribution in [-0.2, 0) is 16.5 Å². The molecule has 4 aliphatic rings. The third-order valence-electron chi connectivity index (χ3n) is 9.30. The van der Waals surface area contributed by atoms with Crippen LogP contribution in [0.15, 0.2) is 49.1 Å². The Balaban J connectivity index is 1.26. The van der Waals surface area contributed by atoms with Gasteiger partial charge in [0.1, 0.15) is 11.2 Å². The van der Waals surface area contributed by atoms with Crippen molar-refractivity contribution in [1.29, 1.82) is 0 Å². The Morgan fingerprint density at radius 2 is 1.77 bits per heavy atom. The van der Waals surface area contributed by atoms with Gasteiger partial charge >= 0.3 is 12.2 Å². The van der Waals surface area contributed by atoms with Crippen LogP contribution in [0.1, 0.15) is 79.7 Å². The smallest absolute Gasteiger partial charge is 0.410 e. The molecular formula is C33H37ClN6O4. The van der Waals surface area contributed by atoms with Crippen LogP contribution in [0, 0.1) is 0 Å². The number of carbonyl (C=O) groups excluding carboxylic acids is 2. The summed E-state index contributed by atoms with van der Waals surface area (Å²) in [5, 5.41) is 3.74. The molecule has 1 N–H and O–H groups in total. The number of nitrogens with one attached hydrogen (secondary N) is 1. The molecule has 3 aromatic rings. The molecule has 10 nitrogen and oxygen atoms in total. The molecule has 3 heterocycles. The maximum absolute atomic E-state index is 13.3. The number of halogens is 1. The molecule has 2 aromatic heterocycles. The van der Waals surface area contributed by atoms with Crippen LogP contribution in [0.25, 0.3) is 11.6 Å². The normalized spacial score (nSPS) is 22.0. The van der Waals surface area contributed by atoms with E-state index in [1.54, 1.807) is 17.4 Å². The third kappa shape index (κ3) is 5.68. The van der Waals surface area contributed by atoms with E-state index in [-0.39, 0.29) is 17.7 Å². The Labute approximate surface area is 262 Å². The summed E-state index contributed by atoms with van der Waals surface area (Å²) in [6, 6.07) is 9.12. The molecule has 1 aliphatic heterocycles. The zero-order valence-corrected chi connectivity index (χ0v) is 26.0. The van der Waals surface area contributed by atoms with E-state index in [0.29, 0.717) is 31.2 Å². The second kappa shape index (κ2) is 10.9. The van der Waals surface area contributed by atoms with Crippen molar-refractivity contribution in [2.75, 3.05) is 26.2 Å². The van der Waals surface area contributed by atoms with Crippen molar-refractivity contribution >= 4 is 35.4 Å². The SMILES string of the molecule is Cn1cncc1[C@H](NC(=O)OC1(C)CC1)C1=Cc2cccnc2C(N2CCN(C(=O)OC3(C)CC3)CC2)c2ccc(Cl)cc21. The van der Waals surface area contributed by atoms with Gasteiger partial charge in [-0.25, -0.2) is 14.6 Å². The Bertz CT molecular complexity index is 1640. The van der Waals surface area contributed by atoms with Gasteiger partial charge in [0, 0.05) is 44.4 Å². The van der Waals surface area contributed by atoms with E-state index in [1.807, 2.05) is 49.9 Å². The average Bonchev–Trinajstić information content (AvgIpc) is 3.88. The third-order valence-corrected chi connectivity index (χ3v) is 9.54. The predicted molar refractivity (Wildman–Crippen MR) is 166 cm³/mol. The number of pyridine rings is 1. The Morgan fingerprint density at radius 1 is 1.05 bits per heavy atom. The van der Waals surface area contributed by atoms with Crippen molar-refractivity contribution in [3.63, 3.8) is 0 Å². The molecule has 0 bridgehead atoms. The van der Waals surface area contributed by atoms with Crippen molar-refractivity contribution in [3.05, 3.63) is 82.2 Å². The molecule has 2 saturated carbocycles. The number of ether oxygens (including phenoxy) is 2. The molecule has 3 fully saturated rings. The molecule has 1 saturated heterocycles. The van der Waals surface area contributed by atoms with Crippen LogP contribution in [0.3, 0.4) is 0 Å². The summed E-state index contributed by atoms with van der Waals surface area (Å²) in [6.07, 6.45) is 10.2. The van der Waals surface area contributed by atoms with Gasteiger partial charge in [-0.15, -0.1) is 0 Å². The number of hydrogen-bond donors (Lipinski definition) is 1. The molecule has 0 spiro atoms.